The number of carbonyl (C=O) groups is 1. The minimum atomic E-state index is -0.962. The normalized spacial score (nSPS) is 10.8. The van der Waals surface area contributed by atoms with Crippen molar-refractivity contribution in [2.24, 2.45) is 0 Å². The molecule has 0 atom stereocenters. The van der Waals surface area contributed by atoms with Crippen molar-refractivity contribution in [3.8, 4) is 0 Å². The number of fused-ring (bicyclic) bond motifs is 1. The number of benzene rings is 1. The number of halogens is 1. The fourth-order valence-corrected chi connectivity index (χ4v) is 2.41. The minimum Gasteiger partial charge on any atom is -0.481 e. The van der Waals surface area contributed by atoms with Crippen LogP contribution in [-0.4, -0.2) is 15.0 Å². The largest absolute Gasteiger partial charge is 0.481 e. The summed E-state index contributed by atoms with van der Waals surface area (Å²) in [5.74, 6) is -1.37. The molecule has 1 heterocycles. The molecule has 0 saturated heterocycles. The number of rotatable bonds is 3. The van der Waals surface area contributed by atoms with E-state index in [1.165, 1.54) is 22.2 Å². The molecular weight excluding hydrogens is 233 g/mol. The van der Waals surface area contributed by atoms with Crippen molar-refractivity contribution in [1.82, 2.24) is 3.96 Å². The fourth-order valence-electron chi connectivity index (χ4n) is 1.39. The van der Waals surface area contributed by atoms with E-state index in [0.717, 1.165) is 11.5 Å². The Hall–Kier alpha value is -1.69. The van der Waals surface area contributed by atoms with E-state index in [0.29, 0.717) is 10.1 Å². The first-order valence-electron chi connectivity index (χ1n) is 4.59. The van der Waals surface area contributed by atoms with Gasteiger partial charge in [-0.15, -0.1) is 0 Å². The number of nitrogens with zero attached hydrogens (tertiary/aromatic N) is 1. The SMILES string of the molecule is O=C(O)CCn1sc2cc(F)ccc2c1=O. The lowest BCUT2D eigenvalue weighted by molar-refractivity contribution is -0.137. The van der Waals surface area contributed by atoms with Crippen LogP contribution in [0.2, 0.25) is 0 Å². The van der Waals surface area contributed by atoms with Gasteiger partial charge in [-0.25, -0.2) is 4.39 Å². The highest BCUT2D eigenvalue weighted by Crippen LogP contribution is 2.17. The average molecular weight is 241 g/mol. The molecule has 0 radical (unpaired) electrons. The number of carboxylic acid groups (broad SMARTS) is 1. The third-order valence-electron chi connectivity index (χ3n) is 2.14. The standard InChI is InChI=1S/C10H8FNO3S/c11-6-1-2-7-8(5-6)16-12(10(7)15)4-3-9(13)14/h1-2,5H,3-4H2,(H,13,14). The minimum absolute atomic E-state index is 0.116. The summed E-state index contributed by atoms with van der Waals surface area (Å²) in [4.78, 5) is 22.1. The van der Waals surface area contributed by atoms with Crippen LogP contribution >= 0.6 is 11.5 Å². The van der Waals surface area contributed by atoms with Gasteiger partial charge in [0.05, 0.1) is 16.5 Å². The molecule has 1 aromatic heterocycles. The van der Waals surface area contributed by atoms with Gasteiger partial charge in [-0.2, -0.15) is 0 Å². The summed E-state index contributed by atoms with van der Waals surface area (Å²) in [7, 11) is 0. The molecule has 1 aromatic carbocycles. The van der Waals surface area contributed by atoms with Gasteiger partial charge < -0.3 is 5.11 Å². The molecule has 0 amide bonds. The van der Waals surface area contributed by atoms with Crippen LogP contribution in [-0.2, 0) is 11.3 Å². The second-order valence-electron chi connectivity index (χ2n) is 3.28. The van der Waals surface area contributed by atoms with Crippen LogP contribution in [0.15, 0.2) is 23.0 Å². The van der Waals surface area contributed by atoms with Gasteiger partial charge in [0.15, 0.2) is 0 Å². The maximum atomic E-state index is 12.9. The first-order chi connectivity index (χ1) is 7.58. The molecule has 84 valence electrons. The number of aromatic nitrogens is 1. The van der Waals surface area contributed by atoms with Gasteiger partial charge in [0.1, 0.15) is 5.82 Å². The summed E-state index contributed by atoms with van der Waals surface area (Å²) < 4.78 is 14.8. The van der Waals surface area contributed by atoms with E-state index in [9.17, 15) is 14.0 Å². The third-order valence-corrected chi connectivity index (χ3v) is 3.24. The van der Waals surface area contributed by atoms with Crippen molar-refractivity contribution in [2.75, 3.05) is 0 Å². The highest BCUT2D eigenvalue weighted by Gasteiger charge is 2.09. The fraction of sp³-hybridized carbons (Fsp3) is 0.200. The Labute approximate surface area is 93.7 Å². The van der Waals surface area contributed by atoms with Crippen molar-refractivity contribution in [2.45, 2.75) is 13.0 Å². The van der Waals surface area contributed by atoms with Gasteiger partial charge in [0, 0.05) is 6.54 Å². The second kappa shape index (κ2) is 4.05. The Morgan fingerprint density at radius 1 is 1.50 bits per heavy atom. The molecule has 0 saturated carbocycles. The summed E-state index contributed by atoms with van der Waals surface area (Å²) >= 11 is 1.08. The number of hydrogen-bond donors (Lipinski definition) is 1. The highest BCUT2D eigenvalue weighted by molar-refractivity contribution is 7.13. The topological polar surface area (TPSA) is 59.3 Å². The van der Waals surface area contributed by atoms with Gasteiger partial charge >= 0.3 is 5.97 Å². The monoisotopic (exact) mass is 241 g/mol. The first-order valence-corrected chi connectivity index (χ1v) is 5.36. The zero-order chi connectivity index (χ0) is 11.7. The van der Waals surface area contributed by atoms with Crippen LogP contribution < -0.4 is 5.56 Å². The zero-order valence-corrected chi connectivity index (χ0v) is 8.96. The lowest BCUT2D eigenvalue weighted by atomic mass is 10.3. The molecule has 0 bridgehead atoms. The van der Waals surface area contributed by atoms with Crippen molar-refractivity contribution in [3.63, 3.8) is 0 Å². The van der Waals surface area contributed by atoms with Gasteiger partial charge in [-0.3, -0.25) is 13.5 Å². The van der Waals surface area contributed by atoms with E-state index in [4.69, 9.17) is 5.11 Å². The summed E-state index contributed by atoms with van der Waals surface area (Å²) in [5.41, 5.74) is -0.263. The van der Waals surface area contributed by atoms with Crippen LogP contribution in [0, 0.1) is 5.82 Å². The van der Waals surface area contributed by atoms with Crippen LogP contribution in [0.25, 0.3) is 10.1 Å². The van der Waals surface area contributed by atoms with E-state index in [1.54, 1.807) is 0 Å². The molecule has 0 spiro atoms. The molecule has 1 N–H and O–H groups in total. The summed E-state index contributed by atoms with van der Waals surface area (Å²) in [6, 6.07) is 3.91. The van der Waals surface area contributed by atoms with E-state index >= 15 is 0 Å². The smallest absolute Gasteiger partial charge is 0.305 e. The zero-order valence-electron chi connectivity index (χ0n) is 8.14. The Morgan fingerprint density at radius 3 is 2.94 bits per heavy atom. The summed E-state index contributed by atoms with van der Waals surface area (Å²) in [5, 5.41) is 8.94. The lowest BCUT2D eigenvalue weighted by Gasteiger charge is -1.94. The molecule has 0 fully saturated rings. The van der Waals surface area contributed by atoms with Crippen LogP contribution in [0.3, 0.4) is 0 Å². The van der Waals surface area contributed by atoms with E-state index < -0.39 is 11.8 Å². The Balaban J connectivity index is 2.44. The molecule has 0 unspecified atom stereocenters. The molecule has 16 heavy (non-hydrogen) atoms. The highest BCUT2D eigenvalue weighted by atomic mass is 32.1. The lowest BCUT2D eigenvalue weighted by Crippen LogP contribution is -2.14. The summed E-state index contributed by atoms with van der Waals surface area (Å²) in [6.45, 7) is 0.120. The van der Waals surface area contributed by atoms with E-state index in [2.05, 4.69) is 0 Å². The van der Waals surface area contributed by atoms with E-state index in [-0.39, 0.29) is 18.5 Å². The summed E-state index contributed by atoms with van der Waals surface area (Å²) in [6.07, 6.45) is -0.116. The molecule has 2 rings (SSSR count). The maximum Gasteiger partial charge on any atom is 0.305 e. The van der Waals surface area contributed by atoms with Crippen molar-refractivity contribution in [3.05, 3.63) is 34.4 Å². The van der Waals surface area contributed by atoms with Crippen LogP contribution in [0.5, 0.6) is 0 Å². The van der Waals surface area contributed by atoms with Gasteiger partial charge in [-0.1, -0.05) is 11.5 Å². The van der Waals surface area contributed by atoms with Gasteiger partial charge in [0.2, 0.25) is 0 Å². The third kappa shape index (κ3) is 1.96. The van der Waals surface area contributed by atoms with Crippen molar-refractivity contribution >= 4 is 27.6 Å². The van der Waals surface area contributed by atoms with Crippen molar-refractivity contribution in [1.29, 1.82) is 0 Å². The molecule has 2 aromatic rings. The second-order valence-corrected chi connectivity index (χ2v) is 4.35. The Bertz CT molecular complexity index is 602. The first kappa shape index (κ1) is 10.8. The predicted molar refractivity (Wildman–Crippen MR) is 58.3 cm³/mol. The van der Waals surface area contributed by atoms with Crippen molar-refractivity contribution < 1.29 is 14.3 Å². The van der Waals surface area contributed by atoms with Gasteiger partial charge in [-0.05, 0) is 18.2 Å². The maximum absolute atomic E-state index is 12.9. The number of aliphatic carboxylic acids is 1. The molecule has 6 heteroatoms. The van der Waals surface area contributed by atoms with Crippen LogP contribution in [0.1, 0.15) is 6.42 Å². The molecule has 0 aliphatic rings. The number of carboxylic acids is 1. The van der Waals surface area contributed by atoms with Crippen LogP contribution in [0.4, 0.5) is 4.39 Å². The number of aryl methyl sites for hydroxylation is 1. The molecule has 4 nitrogen and oxygen atoms in total. The molecule has 0 aliphatic carbocycles. The quantitative estimate of drug-likeness (QED) is 0.889. The Morgan fingerprint density at radius 2 is 2.25 bits per heavy atom. The Kier molecular flexibility index (Phi) is 2.74. The number of hydrogen-bond acceptors (Lipinski definition) is 3. The van der Waals surface area contributed by atoms with E-state index in [1.807, 2.05) is 0 Å². The van der Waals surface area contributed by atoms with Gasteiger partial charge in [0.25, 0.3) is 5.56 Å². The molecule has 0 aliphatic heterocycles. The molecular formula is C10H8FNO3S. The average Bonchev–Trinajstić information content (AvgIpc) is 2.52. The predicted octanol–water partition coefficient (Wildman–Crippen LogP) is 1.68.